The lowest BCUT2D eigenvalue weighted by atomic mass is 9.78. The van der Waals surface area contributed by atoms with Gasteiger partial charge in [-0.25, -0.2) is 5.09 Å². The van der Waals surface area contributed by atoms with Crippen molar-refractivity contribution in [1.82, 2.24) is 5.09 Å². The summed E-state index contributed by atoms with van der Waals surface area (Å²) in [5.74, 6) is 0.659. The van der Waals surface area contributed by atoms with Crippen LogP contribution in [0.4, 0.5) is 5.69 Å². The van der Waals surface area contributed by atoms with Crippen LogP contribution < -0.4 is 14.1 Å². The highest BCUT2D eigenvalue weighted by molar-refractivity contribution is 7.46. The van der Waals surface area contributed by atoms with E-state index in [4.69, 9.17) is 13.8 Å². The van der Waals surface area contributed by atoms with Gasteiger partial charge in [-0.1, -0.05) is 18.2 Å². The number of non-ortho nitro benzene ring substituents is 1. The van der Waals surface area contributed by atoms with Gasteiger partial charge in [0.1, 0.15) is 17.0 Å². The fourth-order valence-electron chi connectivity index (χ4n) is 2.76. The lowest BCUT2D eigenvalue weighted by Gasteiger charge is -2.41. The van der Waals surface area contributed by atoms with Crippen molar-refractivity contribution >= 4 is 20.2 Å². The molecule has 1 saturated carbocycles. The normalized spacial score (nSPS) is 15.8. The molecule has 1 N–H and O–H groups in total. The smallest absolute Gasteiger partial charge is 0.382 e. The molecule has 0 bridgehead atoms. The fraction of sp³-hybridized carbons (Fsp3) is 0.350. The molecule has 3 rings (SSSR count). The van der Waals surface area contributed by atoms with E-state index in [1.807, 2.05) is 18.2 Å². The minimum atomic E-state index is -1.76. The number of nitrogens with zero attached hydrogens (tertiary/aromatic N) is 1. The molecule has 29 heavy (non-hydrogen) atoms. The summed E-state index contributed by atoms with van der Waals surface area (Å²) in [6.45, 7) is 3.61. The molecule has 1 unspecified atom stereocenters. The molecular weight excluding hydrogens is 395 g/mol. The van der Waals surface area contributed by atoms with Gasteiger partial charge in [0.2, 0.25) is 0 Å². The van der Waals surface area contributed by atoms with Gasteiger partial charge in [-0.3, -0.25) is 14.9 Å². The molecule has 0 heterocycles. The first-order valence-electron chi connectivity index (χ1n) is 9.32. The predicted octanol–water partition coefficient (Wildman–Crippen LogP) is 4.74. The molecule has 0 saturated heterocycles. The van der Waals surface area contributed by atoms with Crippen molar-refractivity contribution in [1.29, 1.82) is 0 Å². The Bertz CT molecular complexity index is 840. The van der Waals surface area contributed by atoms with Crippen LogP contribution >= 0.6 is 8.53 Å². The third-order valence-corrected chi connectivity index (χ3v) is 5.78. The van der Waals surface area contributed by atoms with Gasteiger partial charge in [0.15, 0.2) is 0 Å². The standard InChI is InChI=1S/C20H23N2O6P/c1-15(2)26-19(23)20(13-6-14-20)21-29(27-17-7-4-3-5-8-17)28-18-11-9-16(10-12-18)22(24)25/h3-5,7-12,15,21H,6,13-14H2,1-2H3. The Balaban J connectivity index is 1.78. The molecular formula is C20H23N2O6P. The van der Waals surface area contributed by atoms with E-state index in [0.717, 1.165) is 6.42 Å². The fourth-order valence-corrected chi connectivity index (χ4v) is 4.18. The molecule has 154 valence electrons. The van der Waals surface area contributed by atoms with Gasteiger partial charge in [-0.05, 0) is 57.4 Å². The van der Waals surface area contributed by atoms with E-state index in [0.29, 0.717) is 24.3 Å². The number of nitro groups is 1. The average molecular weight is 418 g/mol. The van der Waals surface area contributed by atoms with E-state index < -0.39 is 19.0 Å². The predicted molar refractivity (Wildman–Crippen MR) is 109 cm³/mol. The van der Waals surface area contributed by atoms with Crippen molar-refractivity contribution in [3.63, 3.8) is 0 Å². The quantitative estimate of drug-likeness (QED) is 0.272. The van der Waals surface area contributed by atoms with Gasteiger partial charge in [-0.15, -0.1) is 0 Å². The highest BCUT2D eigenvalue weighted by atomic mass is 31.2. The summed E-state index contributed by atoms with van der Waals surface area (Å²) in [6, 6.07) is 14.8. The molecule has 9 heteroatoms. The van der Waals surface area contributed by atoms with E-state index in [1.165, 1.54) is 24.3 Å². The zero-order chi connectivity index (χ0) is 20.9. The second-order valence-corrected chi connectivity index (χ2v) is 8.11. The Morgan fingerprint density at radius 3 is 2.14 bits per heavy atom. The van der Waals surface area contributed by atoms with Crippen LogP contribution in [0.3, 0.4) is 0 Å². The Hall–Kier alpha value is -2.70. The van der Waals surface area contributed by atoms with E-state index >= 15 is 0 Å². The first-order valence-corrected chi connectivity index (χ1v) is 10.5. The SMILES string of the molecule is CC(C)OC(=O)C1(NP(Oc2ccccc2)Oc2ccc([N+](=O)[O-])cc2)CCC1. The summed E-state index contributed by atoms with van der Waals surface area (Å²) in [4.78, 5) is 23.0. The summed E-state index contributed by atoms with van der Waals surface area (Å²) in [7, 11) is -1.76. The topological polar surface area (TPSA) is 99.9 Å². The number of carbonyl (C=O) groups is 1. The Morgan fingerprint density at radius 1 is 1.07 bits per heavy atom. The number of esters is 1. The van der Waals surface area contributed by atoms with Gasteiger partial charge in [0.05, 0.1) is 11.0 Å². The minimum Gasteiger partial charge on any atom is -0.462 e. The number of para-hydroxylation sites is 1. The lowest BCUT2D eigenvalue weighted by Crippen LogP contribution is -2.57. The number of benzene rings is 2. The number of nitrogens with one attached hydrogen (secondary N) is 1. The number of carbonyl (C=O) groups excluding carboxylic acids is 1. The van der Waals surface area contributed by atoms with Crippen molar-refractivity contribution in [2.45, 2.75) is 44.8 Å². The van der Waals surface area contributed by atoms with Crippen molar-refractivity contribution in [2.75, 3.05) is 0 Å². The van der Waals surface area contributed by atoms with Crippen LogP contribution in [0.5, 0.6) is 11.5 Å². The summed E-state index contributed by atoms with van der Waals surface area (Å²) in [5.41, 5.74) is -0.888. The number of rotatable bonds is 9. The number of hydrogen-bond donors (Lipinski definition) is 1. The second-order valence-electron chi connectivity index (χ2n) is 7.01. The third kappa shape index (κ3) is 5.43. The van der Waals surface area contributed by atoms with E-state index in [2.05, 4.69) is 5.09 Å². The molecule has 2 aromatic carbocycles. The number of hydrogen-bond acceptors (Lipinski definition) is 7. The van der Waals surface area contributed by atoms with E-state index in [1.54, 1.807) is 26.0 Å². The molecule has 0 amide bonds. The Morgan fingerprint density at radius 2 is 1.66 bits per heavy atom. The highest BCUT2D eigenvalue weighted by Gasteiger charge is 2.49. The van der Waals surface area contributed by atoms with Crippen LogP contribution in [-0.2, 0) is 9.53 Å². The maximum atomic E-state index is 12.7. The third-order valence-electron chi connectivity index (χ3n) is 4.41. The molecule has 0 aliphatic heterocycles. The molecule has 1 fully saturated rings. The number of nitro benzene ring substituents is 1. The molecule has 8 nitrogen and oxygen atoms in total. The molecule has 1 atom stereocenters. The average Bonchev–Trinajstić information content (AvgIpc) is 2.65. The second kappa shape index (κ2) is 9.20. The summed E-state index contributed by atoms with van der Waals surface area (Å²) < 4.78 is 17.3. The number of ether oxygens (including phenoxy) is 1. The van der Waals surface area contributed by atoms with Crippen molar-refractivity contribution in [3.05, 3.63) is 64.7 Å². The maximum absolute atomic E-state index is 12.7. The van der Waals surface area contributed by atoms with Gasteiger partial charge in [-0.2, -0.15) is 0 Å². The van der Waals surface area contributed by atoms with Crippen LogP contribution in [0.1, 0.15) is 33.1 Å². The first kappa shape index (κ1) is 21.0. The monoisotopic (exact) mass is 418 g/mol. The molecule has 0 radical (unpaired) electrons. The van der Waals surface area contributed by atoms with Crippen molar-refractivity contribution in [2.24, 2.45) is 0 Å². The Labute approximate surface area is 170 Å². The minimum absolute atomic E-state index is 0.0328. The summed E-state index contributed by atoms with van der Waals surface area (Å²) in [5, 5.41) is 14.1. The summed E-state index contributed by atoms with van der Waals surface area (Å²) >= 11 is 0. The van der Waals surface area contributed by atoms with Gasteiger partial charge in [0, 0.05) is 12.1 Å². The zero-order valence-electron chi connectivity index (χ0n) is 16.2. The largest absolute Gasteiger partial charge is 0.462 e. The van der Waals surface area contributed by atoms with E-state index in [9.17, 15) is 14.9 Å². The summed E-state index contributed by atoms with van der Waals surface area (Å²) in [6.07, 6.45) is 1.92. The van der Waals surface area contributed by atoms with Gasteiger partial charge in [0.25, 0.3) is 5.69 Å². The zero-order valence-corrected chi connectivity index (χ0v) is 17.1. The van der Waals surface area contributed by atoms with Crippen LogP contribution in [0, 0.1) is 10.1 Å². The lowest BCUT2D eigenvalue weighted by molar-refractivity contribution is -0.384. The molecule has 2 aromatic rings. The van der Waals surface area contributed by atoms with Crippen LogP contribution in [-0.4, -0.2) is 22.5 Å². The highest BCUT2D eigenvalue weighted by Crippen LogP contribution is 2.45. The van der Waals surface area contributed by atoms with Crippen LogP contribution in [0.15, 0.2) is 54.6 Å². The molecule has 0 spiro atoms. The molecule has 1 aliphatic carbocycles. The van der Waals surface area contributed by atoms with Crippen LogP contribution in [0.2, 0.25) is 0 Å². The van der Waals surface area contributed by atoms with Crippen molar-refractivity contribution in [3.8, 4) is 11.5 Å². The van der Waals surface area contributed by atoms with Gasteiger partial charge >= 0.3 is 14.5 Å². The maximum Gasteiger partial charge on any atom is 0.382 e. The first-order chi connectivity index (χ1) is 13.9. The van der Waals surface area contributed by atoms with Gasteiger partial charge < -0.3 is 13.8 Å². The van der Waals surface area contributed by atoms with Crippen LogP contribution in [0.25, 0.3) is 0 Å². The molecule has 1 aliphatic rings. The Kier molecular flexibility index (Phi) is 6.67. The van der Waals surface area contributed by atoms with Crippen molar-refractivity contribution < 1.29 is 23.5 Å². The molecule has 0 aromatic heterocycles. The van der Waals surface area contributed by atoms with E-state index in [-0.39, 0.29) is 17.8 Å².